The predicted octanol–water partition coefficient (Wildman–Crippen LogP) is -0.424. The molecule has 2 unspecified atom stereocenters. The largest absolute Gasteiger partial charge is 0.394 e. The average Bonchev–Trinajstić information content (AvgIpc) is 2.08. The molecule has 0 aromatic heterocycles. The van der Waals surface area contributed by atoms with Gasteiger partial charge in [0.15, 0.2) is 0 Å². The van der Waals surface area contributed by atoms with Gasteiger partial charge in [-0.1, -0.05) is 0 Å². The van der Waals surface area contributed by atoms with Crippen LogP contribution in [0.2, 0.25) is 0 Å². The molecule has 1 saturated heterocycles. The van der Waals surface area contributed by atoms with E-state index in [0.29, 0.717) is 0 Å². The summed E-state index contributed by atoms with van der Waals surface area (Å²) >= 11 is 0. The second-order valence-corrected chi connectivity index (χ2v) is 3.89. The average molecular weight is 186 g/mol. The van der Waals surface area contributed by atoms with E-state index in [4.69, 9.17) is 5.11 Å². The summed E-state index contributed by atoms with van der Waals surface area (Å²) in [5, 5.41) is 12.0. The zero-order valence-electron chi connectivity index (χ0n) is 8.45. The molecule has 0 radical (unpaired) electrons. The lowest BCUT2D eigenvalue weighted by Crippen LogP contribution is -2.61. The van der Waals surface area contributed by atoms with Crippen LogP contribution in [-0.4, -0.2) is 47.2 Å². The summed E-state index contributed by atoms with van der Waals surface area (Å²) in [6, 6.07) is 0.0644. The fraction of sp³-hybridized carbons (Fsp3) is 0.889. The van der Waals surface area contributed by atoms with Gasteiger partial charge < -0.3 is 10.0 Å². The number of carbonyl (C=O) groups is 1. The molecule has 76 valence electrons. The Bertz CT molecular complexity index is 194. The van der Waals surface area contributed by atoms with E-state index in [9.17, 15) is 4.79 Å². The van der Waals surface area contributed by atoms with E-state index >= 15 is 0 Å². The normalized spacial score (nSPS) is 29.9. The first kappa shape index (κ1) is 10.5. The highest BCUT2D eigenvalue weighted by molar-refractivity contribution is 5.83. The van der Waals surface area contributed by atoms with Crippen molar-refractivity contribution in [2.24, 2.45) is 0 Å². The molecule has 0 aromatic rings. The van der Waals surface area contributed by atoms with Gasteiger partial charge in [0.05, 0.1) is 6.61 Å². The molecule has 1 aliphatic rings. The van der Waals surface area contributed by atoms with Crippen molar-refractivity contribution in [2.45, 2.75) is 38.9 Å². The van der Waals surface area contributed by atoms with Crippen LogP contribution in [0.3, 0.4) is 0 Å². The molecule has 1 amide bonds. The minimum Gasteiger partial charge on any atom is -0.394 e. The van der Waals surface area contributed by atoms with Crippen LogP contribution in [0, 0.1) is 0 Å². The number of aliphatic hydroxyl groups excluding tert-OH is 1. The van der Waals surface area contributed by atoms with Crippen molar-refractivity contribution in [3.8, 4) is 0 Å². The molecular weight excluding hydrogens is 168 g/mol. The number of carbonyl (C=O) groups excluding carboxylic acids is 1. The second kappa shape index (κ2) is 4.07. The Hall–Kier alpha value is -0.610. The van der Waals surface area contributed by atoms with Crippen LogP contribution >= 0.6 is 0 Å². The Kier molecular flexibility index (Phi) is 3.27. The topological polar surface area (TPSA) is 52.6 Å². The van der Waals surface area contributed by atoms with Crippen LogP contribution in [0.4, 0.5) is 0 Å². The van der Waals surface area contributed by atoms with Crippen LogP contribution in [0.5, 0.6) is 0 Å². The number of rotatable bonds is 2. The molecule has 0 spiro atoms. The van der Waals surface area contributed by atoms with Gasteiger partial charge in [-0.15, -0.1) is 0 Å². The molecule has 13 heavy (non-hydrogen) atoms. The Morgan fingerprint density at radius 3 is 2.77 bits per heavy atom. The van der Waals surface area contributed by atoms with Gasteiger partial charge in [-0.25, -0.2) is 0 Å². The first-order valence-corrected chi connectivity index (χ1v) is 4.73. The van der Waals surface area contributed by atoms with Crippen molar-refractivity contribution < 1.29 is 9.90 Å². The summed E-state index contributed by atoms with van der Waals surface area (Å²) < 4.78 is 0. The van der Waals surface area contributed by atoms with Gasteiger partial charge in [-0.3, -0.25) is 10.1 Å². The van der Waals surface area contributed by atoms with E-state index in [-0.39, 0.29) is 24.6 Å². The first-order chi connectivity index (χ1) is 6.06. The lowest BCUT2D eigenvalue weighted by atomic mass is 10.1. The van der Waals surface area contributed by atoms with Gasteiger partial charge in [0.25, 0.3) is 0 Å². The Morgan fingerprint density at radius 2 is 2.31 bits per heavy atom. The number of amides is 1. The number of nitrogens with zero attached hydrogens (tertiary/aromatic N) is 1. The molecule has 0 aliphatic carbocycles. The van der Waals surface area contributed by atoms with E-state index in [1.165, 1.54) is 0 Å². The minimum atomic E-state index is -0.411. The highest BCUT2D eigenvalue weighted by Crippen LogP contribution is 2.09. The molecule has 4 nitrogen and oxygen atoms in total. The summed E-state index contributed by atoms with van der Waals surface area (Å²) in [5.41, 5.74) is 0. The summed E-state index contributed by atoms with van der Waals surface area (Å²) in [6.07, 6.45) is 0. The fourth-order valence-corrected chi connectivity index (χ4v) is 1.65. The second-order valence-electron chi connectivity index (χ2n) is 3.89. The van der Waals surface area contributed by atoms with Crippen LogP contribution in [0.25, 0.3) is 0 Å². The summed E-state index contributed by atoms with van der Waals surface area (Å²) in [5.74, 6) is 0.00981. The van der Waals surface area contributed by atoms with Gasteiger partial charge in [-0.2, -0.15) is 0 Å². The van der Waals surface area contributed by atoms with Crippen molar-refractivity contribution in [1.29, 1.82) is 0 Å². The van der Waals surface area contributed by atoms with Crippen LogP contribution in [0.15, 0.2) is 0 Å². The molecule has 1 heterocycles. The maximum absolute atomic E-state index is 11.6. The summed E-state index contributed by atoms with van der Waals surface area (Å²) in [6.45, 7) is 6.61. The van der Waals surface area contributed by atoms with Crippen molar-refractivity contribution >= 4 is 5.91 Å². The summed E-state index contributed by atoms with van der Waals surface area (Å²) in [7, 11) is 0. The number of hydrogen-bond acceptors (Lipinski definition) is 3. The first-order valence-electron chi connectivity index (χ1n) is 4.73. The zero-order chi connectivity index (χ0) is 10.0. The molecular formula is C9H18N2O2. The van der Waals surface area contributed by atoms with Crippen molar-refractivity contribution in [2.75, 3.05) is 13.2 Å². The van der Waals surface area contributed by atoms with Crippen molar-refractivity contribution in [1.82, 2.24) is 10.2 Å². The molecule has 1 fully saturated rings. The van der Waals surface area contributed by atoms with Gasteiger partial charge in [-0.05, 0) is 20.8 Å². The van der Waals surface area contributed by atoms with Crippen molar-refractivity contribution in [3.63, 3.8) is 0 Å². The van der Waals surface area contributed by atoms with Gasteiger partial charge in [0.2, 0.25) is 5.91 Å². The SMILES string of the molecule is CC1CN(C(C)C)C(=O)C(CO)N1. The Morgan fingerprint density at radius 1 is 1.69 bits per heavy atom. The lowest BCUT2D eigenvalue weighted by molar-refractivity contribution is -0.139. The van der Waals surface area contributed by atoms with E-state index in [0.717, 1.165) is 6.54 Å². The number of hydrogen-bond donors (Lipinski definition) is 2. The fourth-order valence-electron chi connectivity index (χ4n) is 1.65. The van der Waals surface area contributed by atoms with Crippen LogP contribution < -0.4 is 5.32 Å². The van der Waals surface area contributed by atoms with E-state index in [1.54, 1.807) is 0 Å². The zero-order valence-corrected chi connectivity index (χ0v) is 8.45. The third-order valence-corrected chi connectivity index (χ3v) is 2.34. The molecule has 1 aliphatic heterocycles. The quantitative estimate of drug-likeness (QED) is 0.615. The third kappa shape index (κ3) is 2.19. The monoisotopic (exact) mass is 186 g/mol. The highest BCUT2D eigenvalue weighted by atomic mass is 16.3. The Balaban J connectivity index is 2.69. The molecule has 0 bridgehead atoms. The number of piperazine rings is 1. The molecule has 1 rings (SSSR count). The van der Waals surface area contributed by atoms with E-state index < -0.39 is 6.04 Å². The molecule has 0 aromatic carbocycles. The van der Waals surface area contributed by atoms with Crippen LogP contribution in [-0.2, 0) is 4.79 Å². The minimum absolute atomic E-state index is 0.00981. The number of aliphatic hydroxyl groups is 1. The smallest absolute Gasteiger partial charge is 0.242 e. The Labute approximate surface area is 78.9 Å². The van der Waals surface area contributed by atoms with Gasteiger partial charge in [0, 0.05) is 18.6 Å². The third-order valence-electron chi connectivity index (χ3n) is 2.34. The van der Waals surface area contributed by atoms with Gasteiger partial charge in [0.1, 0.15) is 6.04 Å². The molecule has 2 N–H and O–H groups in total. The maximum Gasteiger partial charge on any atom is 0.242 e. The van der Waals surface area contributed by atoms with E-state index in [1.807, 2.05) is 25.7 Å². The maximum atomic E-state index is 11.6. The lowest BCUT2D eigenvalue weighted by Gasteiger charge is -2.38. The number of nitrogens with one attached hydrogen (secondary N) is 1. The molecule has 4 heteroatoms. The van der Waals surface area contributed by atoms with Gasteiger partial charge >= 0.3 is 0 Å². The highest BCUT2D eigenvalue weighted by Gasteiger charge is 2.32. The summed E-state index contributed by atoms with van der Waals surface area (Å²) in [4.78, 5) is 13.5. The molecule has 0 saturated carbocycles. The standard InChI is InChI=1S/C9H18N2O2/c1-6(2)11-4-7(3)10-8(5-12)9(11)13/h6-8,10,12H,4-5H2,1-3H3. The van der Waals surface area contributed by atoms with Crippen molar-refractivity contribution in [3.05, 3.63) is 0 Å². The predicted molar refractivity (Wildman–Crippen MR) is 50.3 cm³/mol. The van der Waals surface area contributed by atoms with Crippen LogP contribution in [0.1, 0.15) is 20.8 Å². The van der Waals surface area contributed by atoms with E-state index in [2.05, 4.69) is 5.32 Å². The molecule has 2 atom stereocenters.